The second-order valence-corrected chi connectivity index (χ2v) is 5.39. The monoisotopic (exact) mass is 368 g/mol. The maximum atomic E-state index is 11.9. The number of hydrogen-bond donors (Lipinski definition) is 3. The molecule has 21 heavy (non-hydrogen) atoms. The third kappa shape index (κ3) is 3.96. The Morgan fingerprint density at radius 1 is 1.24 bits per heavy atom. The predicted molar refractivity (Wildman–Crippen MR) is 84.0 cm³/mol. The largest absolute Gasteiger partial charge is 0.508 e. The average molecular weight is 370 g/mol. The van der Waals surface area contributed by atoms with Crippen LogP contribution in [-0.2, 0) is 0 Å². The fourth-order valence-electron chi connectivity index (χ4n) is 1.53. The van der Waals surface area contributed by atoms with Gasteiger partial charge >= 0.3 is 0 Å². The van der Waals surface area contributed by atoms with Crippen LogP contribution in [0.5, 0.6) is 11.5 Å². The van der Waals surface area contributed by atoms with Gasteiger partial charge in [-0.15, -0.1) is 0 Å². The fourth-order valence-corrected chi connectivity index (χ4v) is 2.10. The molecule has 0 aromatic heterocycles. The maximum absolute atomic E-state index is 11.9. The van der Waals surface area contributed by atoms with Crippen LogP contribution in [0.2, 0.25) is 5.02 Å². The summed E-state index contributed by atoms with van der Waals surface area (Å²) < 4.78 is 0.720. The molecule has 0 aliphatic rings. The van der Waals surface area contributed by atoms with E-state index in [2.05, 4.69) is 26.5 Å². The molecule has 0 saturated carbocycles. The van der Waals surface area contributed by atoms with Gasteiger partial charge in [0.15, 0.2) is 0 Å². The van der Waals surface area contributed by atoms with Crippen molar-refractivity contribution in [1.82, 2.24) is 5.43 Å². The topological polar surface area (TPSA) is 81.9 Å². The van der Waals surface area contributed by atoms with Crippen LogP contribution < -0.4 is 5.43 Å². The zero-order valence-corrected chi connectivity index (χ0v) is 12.9. The van der Waals surface area contributed by atoms with Crippen LogP contribution in [0.4, 0.5) is 0 Å². The van der Waals surface area contributed by atoms with Crippen molar-refractivity contribution in [2.45, 2.75) is 0 Å². The number of phenolic OH excluding ortho intramolecular Hbond substituents is 2. The fraction of sp³-hybridized carbons (Fsp3) is 0. The Kier molecular flexibility index (Phi) is 4.82. The van der Waals surface area contributed by atoms with Gasteiger partial charge in [0.1, 0.15) is 11.5 Å². The first-order valence-corrected chi connectivity index (χ1v) is 6.95. The van der Waals surface area contributed by atoms with E-state index in [1.54, 1.807) is 18.2 Å². The Morgan fingerprint density at radius 2 is 2.00 bits per heavy atom. The molecule has 2 aromatic rings. The van der Waals surface area contributed by atoms with Gasteiger partial charge in [0, 0.05) is 16.1 Å². The van der Waals surface area contributed by atoms with Crippen molar-refractivity contribution in [2.75, 3.05) is 0 Å². The number of nitrogens with one attached hydrogen (secondary N) is 1. The van der Waals surface area contributed by atoms with Crippen LogP contribution in [0.25, 0.3) is 0 Å². The van der Waals surface area contributed by atoms with Gasteiger partial charge < -0.3 is 10.2 Å². The molecule has 0 atom stereocenters. The summed E-state index contributed by atoms with van der Waals surface area (Å²) in [5.41, 5.74) is 2.94. The van der Waals surface area contributed by atoms with Gasteiger partial charge in [-0.05, 0) is 30.3 Å². The summed E-state index contributed by atoms with van der Waals surface area (Å²) in [6, 6.07) is 8.92. The Bertz CT molecular complexity index is 719. The normalized spacial score (nSPS) is 10.8. The van der Waals surface area contributed by atoms with E-state index < -0.39 is 5.91 Å². The van der Waals surface area contributed by atoms with E-state index in [9.17, 15) is 9.90 Å². The Hall–Kier alpha value is -2.05. The number of hydrogen-bond acceptors (Lipinski definition) is 4. The highest BCUT2D eigenvalue weighted by Crippen LogP contribution is 2.22. The Balaban J connectivity index is 2.10. The van der Waals surface area contributed by atoms with E-state index in [0.29, 0.717) is 10.6 Å². The van der Waals surface area contributed by atoms with Crippen molar-refractivity contribution in [3.05, 3.63) is 57.0 Å². The molecule has 0 bridgehead atoms. The van der Waals surface area contributed by atoms with Crippen LogP contribution in [0.15, 0.2) is 46.0 Å². The molecule has 0 spiro atoms. The van der Waals surface area contributed by atoms with E-state index in [0.717, 1.165) is 4.47 Å². The zero-order valence-electron chi connectivity index (χ0n) is 10.5. The van der Waals surface area contributed by atoms with E-state index in [4.69, 9.17) is 16.7 Å². The molecule has 0 heterocycles. The first-order valence-electron chi connectivity index (χ1n) is 5.78. The number of nitrogens with zero attached hydrogens (tertiary/aromatic N) is 1. The summed E-state index contributed by atoms with van der Waals surface area (Å²) in [6.45, 7) is 0. The molecule has 0 saturated heterocycles. The quantitative estimate of drug-likeness (QED) is 0.573. The van der Waals surface area contributed by atoms with Crippen LogP contribution in [0.1, 0.15) is 15.9 Å². The molecule has 0 unspecified atom stereocenters. The number of benzene rings is 2. The molecule has 7 heteroatoms. The smallest absolute Gasteiger partial charge is 0.272 e. The summed E-state index contributed by atoms with van der Waals surface area (Å²) >= 11 is 9.18. The summed E-state index contributed by atoms with van der Waals surface area (Å²) in [4.78, 5) is 11.9. The van der Waals surface area contributed by atoms with Crippen LogP contribution in [0.3, 0.4) is 0 Å². The average Bonchev–Trinajstić information content (AvgIpc) is 2.43. The molecule has 2 rings (SSSR count). The zero-order chi connectivity index (χ0) is 15.4. The van der Waals surface area contributed by atoms with Gasteiger partial charge in [-0.1, -0.05) is 27.5 Å². The number of carbonyl (C=O) groups is 1. The third-order valence-electron chi connectivity index (χ3n) is 2.56. The number of rotatable bonds is 3. The first-order chi connectivity index (χ1) is 9.97. The standard InChI is InChI=1S/C14H10BrClN2O3/c15-9-2-4-12(16)11(5-9)14(21)18-17-7-8-1-3-10(19)6-13(8)20/h1-7,19-20H,(H,18,21)/b17-7+. The van der Waals surface area contributed by atoms with Crippen molar-refractivity contribution < 1.29 is 15.0 Å². The van der Waals surface area contributed by atoms with Gasteiger partial charge in [-0.3, -0.25) is 4.79 Å². The Morgan fingerprint density at radius 3 is 2.71 bits per heavy atom. The summed E-state index contributed by atoms with van der Waals surface area (Å²) in [5, 5.41) is 22.8. The minimum absolute atomic E-state index is 0.0606. The van der Waals surface area contributed by atoms with Crippen molar-refractivity contribution in [3.63, 3.8) is 0 Å². The number of amides is 1. The van der Waals surface area contributed by atoms with Crippen molar-refractivity contribution >= 4 is 39.7 Å². The van der Waals surface area contributed by atoms with Crippen LogP contribution in [-0.4, -0.2) is 22.3 Å². The highest BCUT2D eigenvalue weighted by molar-refractivity contribution is 9.10. The number of halogens is 2. The molecule has 0 fully saturated rings. The molecular formula is C14H10BrClN2O3. The molecule has 108 valence electrons. The molecular weight excluding hydrogens is 360 g/mol. The van der Waals surface area contributed by atoms with E-state index >= 15 is 0 Å². The van der Waals surface area contributed by atoms with Crippen LogP contribution in [0, 0.1) is 0 Å². The number of hydrazone groups is 1. The van der Waals surface area contributed by atoms with Gasteiger partial charge in [0.25, 0.3) is 5.91 Å². The molecule has 0 aliphatic heterocycles. The SMILES string of the molecule is O=C(N/N=C/c1ccc(O)cc1O)c1cc(Br)ccc1Cl. The van der Waals surface area contributed by atoms with Crippen molar-refractivity contribution in [1.29, 1.82) is 0 Å². The molecule has 1 amide bonds. The lowest BCUT2D eigenvalue weighted by molar-refractivity contribution is 0.0955. The minimum atomic E-state index is -0.476. The molecule has 0 aliphatic carbocycles. The second-order valence-electron chi connectivity index (χ2n) is 4.07. The summed E-state index contributed by atoms with van der Waals surface area (Å²) in [7, 11) is 0. The van der Waals surface area contributed by atoms with Crippen LogP contribution >= 0.6 is 27.5 Å². The minimum Gasteiger partial charge on any atom is -0.508 e. The lowest BCUT2D eigenvalue weighted by atomic mass is 10.2. The number of phenols is 2. The summed E-state index contributed by atoms with van der Waals surface area (Å²) in [6.07, 6.45) is 1.26. The van der Waals surface area contributed by atoms with Gasteiger partial charge in [-0.25, -0.2) is 5.43 Å². The number of carbonyl (C=O) groups excluding carboxylic acids is 1. The predicted octanol–water partition coefficient (Wildman–Crippen LogP) is 3.28. The van der Waals surface area contributed by atoms with E-state index in [1.807, 2.05) is 0 Å². The maximum Gasteiger partial charge on any atom is 0.272 e. The first kappa shape index (κ1) is 15.3. The lowest BCUT2D eigenvalue weighted by Crippen LogP contribution is -2.18. The number of aromatic hydroxyl groups is 2. The van der Waals surface area contributed by atoms with E-state index in [1.165, 1.54) is 24.4 Å². The Labute approximate surface area is 134 Å². The van der Waals surface area contributed by atoms with Gasteiger partial charge in [-0.2, -0.15) is 5.10 Å². The highest BCUT2D eigenvalue weighted by Gasteiger charge is 2.10. The van der Waals surface area contributed by atoms with Crippen molar-refractivity contribution in [3.8, 4) is 11.5 Å². The molecule has 2 aromatic carbocycles. The molecule has 3 N–H and O–H groups in total. The van der Waals surface area contributed by atoms with E-state index in [-0.39, 0.29) is 17.1 Å². The third-order valence-corrected chi connectivity index (χ3v) is 3.38. The van der Waals surface area contributed by atoms with Gasteiger partial charge in [0.05, 0.1) is 16.8 Å². The highest BCUT2D eigenvalue weighted by atomic mass is 79.9. The summed E-state index contributed by atoms with van der Waals surface area (Å²) in [5.74, 6) is -0.682. The van der Waals surface area contributed by atoms with Gasteiger partial charge in [0.2, 0.25) is 0 Å². The molecule has 5 nitrogen and oxygen atoms in total. The molecule has 0 radical (unpaired) electrons. The lowest BCUT2D eigenvalue weighted by Gasteiger charge is -2.03. The second kappa shape index (κ2) is 6.60. The van der Waals surface area contributed by atoms with Crippen molar-refractivity contribution in [2.24, 2.45) is 5.10 Å².